The summed E-state index contributed by atoms with van der Waals surface area (Å²) in [5, 5.41) is 3.01. The molecule has 0 saturated carbocycles. The van der Waals surface area contributed by atoms with Crippen LogP contribution in [0.5, 0.6) is 0 Å². The summed E-state index contributed by atoms with van der Waals surface area (Å²) >= 11 is 0. The van der Waals surface area contributed by atoms with Crippen molar-refractivity contribution in [2.24, 2.45) is 5.73 Å². The summed E-state index contributed by atoms with van der Waals surface area (Å²) in [4.78, 5) is 10.8. The third-order valence-corrected chi connectivity index (χ3v) is 2.07. The predicted molar refractivity (Wildman–Crippen MR) is 43.7 cm³/mol. The minimum Gasteiger partial charge on any atom is -0.391 e. The van der Waals surface area contributed by atoms with Crippen molar-refractivity contribution in [3.63, 3.8) is 0 Å². The van der Waals surface area contributed by atoms with Crippen molar-refractivity contribution >= 4 is 5.91 Å². The van der Waals surface area contributed by atoms with E-state index in [9.17, 15) is 4.79 Å². The molecule has 3 heteroatoms. The van der Waals surface area contributed by atoms with Gasteiger partial charge in [-0.15, -0.1) is 0 Å². The van der Waals surface area contributed by atoms with E-state index in [1.54, 1.807) is 0 Å². The number of rotatable bonds is 2. The number of carbonyl (C=O) groups is 1. The Labute approximate surface area is 66.6 Å². The summed E-state index contributed by atoms with van der Waals surface area (Å²) in [6.07, 6.45) is 4.05. The molecule has 3 nitrogen and oxygen atoms in total. The first kappa shape index (κ1) is 8.11. The highest BCUT2D eigenvalue weighted by molar-refractivity contribution is 5.92. The van der Waals surface area contributed by atoms with Crippen molar-refractivity contribution in [2.75, 3.05) is 7.05 Å². The lowest BCUT2D eigenvalue weighted by atomic mass is 9.96. The maximum absolute atomic E-state index is 10.8. The number of carbonyl (C=O) groups excluding carboxylic acids is 1. The van der Waals surface area contributed by atoms with E-state index in [-0.39, 0.29) is 5.91 Å². The van der Waals surface area contributed by atoms with Gasteiger partial charge in [0.2, 0.25) is 5.91 Å². The van der Waals surface area contributed by atoms with Crippen LogP contribution in [0.3, 0.4) is 0 Å². The van der Waals surface area contributed by atoms with Crippen LogP contribution in [0.25, 0.3) is 0 Å². The van der Waals surface area contributed by atoms with Gasteiger partial charge in [-0.1, -0.05) is 0 Å². The van der Waals surface area contributed by atoms with Crippen LogP contribution in [0.15, 0.2) is 11.3 Å². The van der Waals surface area contributed by atoms with Crippen molar-refractivity contribution in [2.45, 2.75) is 25.7 Å². The maximum Gasteiger partial charge on any atom is 0.246 e. The summed E-state index contributed by atoms with van der Waals surface area (Å²) in [5.74, 6) is -0.269. The van der Waals surface area contributed by atoms with Crippen LogP contribution >= 0.6 is 0 Å². The van der Waals surface area contributed by atoms with E-state index in [0.29, 0.717) is 0 Å². The molecule has 0 atom stereocenters. The zero-order valence-corrected chi connectivity index (χ0v) is 6.81. The van der Waals surface area contributed by atoms with E-state index in [4.69, 9.17) is 5.73 Å². The van der Waals surface area contributed by atoms with Gasteiger partial charge in [-0.05, 0) is 25.7 Å². The first-order chi connectivity index (χ1) is 5.25. The molecule has 0 aromatic heterocycles. The molecule has 0 heterocycles. The molecule has 1 aliphatic carbocycles. The molecule has 0 aliphatic heterocycles. The topological polar surface area (TPSA) is 55.1 Å². The second-order valence-electron chi connectivity index (χ2n) is 2.78. The molecule has 1 amide bonds. The van der Waals surface area contributed by atoms with Gasteiger partial charge in [0.1, 0.15) is 0 Å². The molecule has 0 spiro atoms. The zero-order chi connectivity index (χ0) is 8.27. The van der Waals surface area contributed by atoms with Gasteiger partial charge in [0.25, 0.3) is 0 Å². The van der Waals surface area contributed by atoms with E-state index >= 15 is 0 Å². The molecule has 0 saturated heterocycles. The van der Waals surface area contributed by atoms with Gasteiger partial charge in [0, 0.05) is 18.3 Å². The fourth-order valence-corrected chi connectivity index (χ4v) is 1.45. The second-order valence-corrected chi connectivity index (χ2v) is 2.78. The lowest BCUT2D eigenvalue weighted by Crippen LogP contribution is -2.22. The lowest BCUT2D eigenvalue weighted by molar-refractivity contribution is -0.114. The maximum atomic E-state index is 10.8. The third kappa shape index (κ3) is 1.73. The highest BCUT2D eigenvalue weighted by Gasteiger charge is 2.15. The Morgan fingerprint density at radius 3 is 2.55 bits per heavy atom. The van der Waals surface area contributed by atoms with Crippen LogP contribution in [-0.4, -0.2) is 13.0 Å². The Morgan fingerprint density at radius 1 is 1.45 bits per heavy atom. The number of allylic oxidation sites excluding steroid dienone is 1. The van der Waals surface area contributed by atoms with E-state index in [0.717, 1.165) is 37.0 Å². The van der Waals surface area contributed by atoms with Crippen LogP contribution in [0, 0.1) is 0 Å². The standard InChI is InChI=1S/C8H14N2O/c1-10-7-5-3-2-4-6(7)8(9)11/h10H,2-5H2,1H3,(H2,9,11). The summed E-state index contributed by atoms with van der Waals surface area (Å²) < 4.78 is 0. The van der Waals surface area contributed by atoms with Crippen molar-refractivity contribution in [3.05, 3.63) is 11.3 Å². The Morgan fingerprint density at radius 2 is 2.09 bits per heavy atom. The Bertz CT molecular complexity index is 196. The lowest BCUT2D eigenvalue weighted by Gasteiger charge is -2.17. The minimum absolute atomic E-state index is 0.269. The average Bonchev–Trinajstić information content (AvgIpc) is 2.04. The monoisotopic (exact) mass is 154 g/mol. The van der Waals surface area contributed by atoms with Gasteiger partial charge < -0.3 is 11.1 Å². The minimum atomic E-state index is -0.269. The summed E-state index contributed by atoms with van der Waals surface area (Å²) in [6, 6.07) is 0. The fourth-order valence-electron chi connectivity index (χ4n) is 1.45. The SMILES string of the molecule is CNC1=C(C(N)=O)CCCC1. The van der Waals surface area contributed by atoms with Crippen LogP contribution < -0.4 is 11.1 Å². The smallest absolute Gasteiger partial charge is 0.246 e. The van der Waals surface area contributed by atoms with Gasteiger partial charge in [-0.2, -0.15) is 0 Å². The Hall–Kier alpha value is -0.990. The van der Waals surface area contributed by atoms with E-state index in [1.807, 2.05) is 7.05 Å². The van der Waals surface area contributed by atoms with Gasteiger partial charge in [-0.3, -0.25) is 4.79 Å². The zero-order valence-electron chi connectivity index (χ0n) is 6.81. The molecule has 1 aliphatic rings. The van der Waals surface area contributed by atoms with Crippen molar-refractivity contribution in [3.8, 4) is 0 Å². The molecule has 62 valence electrons. The number of nitrogens with two attached hydrogens (primary N) is 1. The van der Waals surface area contributed by atoms with Crippen LogP contribution in [0.1, 0.15) is 25.7 Å². The van der Waals surface area contributed by atoms with Crippen LogP contribution in [-0.2, 0) is 4.79 Å². The molecule has 0 radical (unpaired) electrons. The molecular formula is C8H14N2O. The van der Waals surface area contributed by atoms with Crippen LogP contribution in [0.4, 0.5) is 0 Å². The normalized spacial score (nSPS) is 18.3. The number of hydrogen-bond acceptors (Lipinski definition) is 2. The quantitative estimate of drug-likeness (QED) is 0.609. The van der Waals surface area contributed by atoms with Crippen molar-refractivity contribution in [1.82, 2.24) is 5.32 Å². The molecular weight excluding hydrogens is 140 g/mol. The molecule has 0 bridgehead atoms. The van der Waals surface area contributed by atoms with Gasteiger partial charge in [0.05, 0.1) is 0 Å². The molecule has 11 heavy (non-hydrogen) atoms. The largest absolute Gasteiger partial charge is 0.391 e. The molecule has 0 aromatic rings. The molecule has 0 aromatic carbocycles. The summed E-state index contributed by atoms with van der Waals surface area (Å²) in [7, 11) is 1.84. The first-order valence-electron chi connectivity index (χ1n) is 3.95. The second kappa shape index (κ2) is 3.42. The van der Waals surface area contributed by atoms with Crippen LogP contribution in [0.2, 0.25) is 0 Å². The first-order valence-corrected chi connectivity index (χ1v) is 3.95. The van der Waals surface area contributed by atoms with E-state index in [2.05, 4.69) is 5.32 Å². The predicted octanol–water partition coefficient (Wildman–Crippen LogP) is 0.519. The van der Waals surface area contributed by atoms with E-state index in [1.165, 1.54) is 0 Å². The number of primary amides is 1. The highest BCUT2D eigenvalue weighted by Crippen LogP contribution is 2.21. The van der Waals surface area contributed by atoms with Crippen molar-refractivity contribution in [1.29, 1.82) is 0 Å². The van der Waals surface area contributed by atoms with Gasteiger partial charge in [0.15, 0.2) is 0 Å². The molecule has 0 fully saturated rings. The average molecular weight is 154 g/mol. The molecule has 0 unspecified atom stereocenters. The Balaban J connectivity index is 2.81. The van der Waals surface area contributed by atoms with Gasteiger partial charge in [-0.25, -0.2) is 0 Å². The third-order valence-electron chi connectivity index (χ3n) is 2.07. The molecule has 1 rings (SSSR count). The molecule has 3 N–H and O–H groups in total. The summed E-state index contributed by atoms with van der Waals surface area (Å²) in [6.45, 7) is 0. The highest BCUT2D eigenvalue weighted by atomic mass is 16.1. The number of hydrogen-bond donors (Lipinski definition) is 2. The fraction of sp³-hybridized carbons (Fsp3) is 0.625. The number of amides is 1. The number of nitrogens with one attached hydrogen (secondary N) is 1. The van der Waals surface area contributed by atoms with E-state index < -0.39 is 0 Å². The van der Waals surface area contributed by atoms with Crippen molar-refractivity contribution < 1.29 is 4.79 Å². The summed E-state index contributed by atoms with van der Waals surface area (Å²) in [5.41, 5.74) is 7.02. The van der Waals surface area contributed by atoms with Gasteiger partial charge >= 0.3 is 0 Å². The Kier molecular flexibility index (Phi) is 2.52.